The number of aliphatic carboxylic acids is 2. The fourth-order valence-corrected chi connectivity index (χ4v) is 4.91. The predicted octanol–water partition coefficient (Wildman–Crippen LogP) is 1.37. The van der Waals surface area contributed by atoms with Gasteiger partial charge in [-0.3, -0.25) is 9.69 Å². The lowest BCUT2D eigenvalue weighted by molar-refractivity contribution is -0.159. The average Bonchev–Trinajstić information content (AvgIpc) is 3.22. The van der Waals surface area contributed by atoms with Gasteiger partial charge in [0.15, 0.2) is 0 Å². The zero-order valence-corrected chi connectivity index (χ0v) is 18.4. The summed E-state index contributed by atoms with van der Waals surface area (Å²) in [5, 5.41) is 21.6. The van der Waals surface area contributed by atoms with Crippen molar-refractivity contribution in [2.24, 2.45) is 0 Å². The highest BCUT2D eigenvalue weighted by molar-refractivity contribution is 7.89. The van der Waals surface area contributed by atoms with Gasteiger partial charge in [0, 0.05) is 45.3 Å². The zero-order chi connectivity index (χ0) is 23.0. The molecule has 1 aromatic heterocycles. The normalized spacial score (nSPS) is 14.9. The van der Waals surface area contributed by atoms with E-state index in [1.807, 2.05) is 0 Å². The van der Waals surface area contributed by atoms with Gasteiger partial charge in [-0.15, -0.1) is 0 Å². The summed E-state index contributed by atoms with van der Waals surface area (Å²) in [5.74, 6) is -3.83. The largest absolute Gasteiger partial charge is 0.473 e. The topological polar surface area (TPSA) is 144 Å². The van der Waals surface area contributed by atoms with E-state index in [1.54, 1.807) is 35.6 Å². The number of hydrogen-bond donors (Lipinski definition) is 3. The van der Waals surface area contributed by atoms with E-state index in [4.69, 9.17) is 19.8 Å². The molecular weight excluding hydrogens is 446 g/mol. The number of rotatable bonds is 5. The van der Waals surface area contributed by atoms with Crippen LogP contribution in [0, 0.1) is 0 Å². The smallest absolute Gasteiger partial charge is 0.414 e. The number of piperazine rings is 1. The maximum atomic E-state index is 12.8. The molecule has 3 rings (SSSR count). The standard InChI is InChI=1S/C17H21N3O3S2.C2H2O4/c1-14(21)18-16-2-4-17(5-3-16)25(22,23)20-9-7-19(8-10-20)12-15-6-11-24-13-15;3-1(4)2(5)6/h2-6,11,13H,7-10,12H2,1H3,(H,18,21);(H,3,4)(H,5,6). The van der Waals surface area contributed by atoms with Gasteiger partial charge in [-0.2, -0.15) is 15.6 Å². The van der Waals surface area contributed by atoms with Crippen LogP contribution in [0.5, 0.6) is 0 Å². The van der Waals surface area contributed by atoms with Crippen LogP contribution in [-0.2, 0) is 31.0 Å². The molecule has 0 bridgehead atoms. The molecule has 1 aliphatic rings. The number of benzene rings is 1. The molecule has 1 aromatic carbocycles. The van der Waals surface area contributed by atoms with Gasteiger partial charge >= 0.3 is 11.9 Å². The number of amides is 1. The number of carboxylic acid groups (broad SMARTS) is 2. The van der Waals surface area contributed by atoms with Crippen LogP contribution in [-0.4, -0.2) is 71.9 Å². The van der Waals surface area contributed by atoms with Crippen LogP contribution in [0.15, 0.2) is 46.0 Å². The number of carbonyl (C=O) groups is 3. The summed E-state index contributed by atoms with van der Waals surface area (Å²) >= 11 is 1.68. The molecule has 0 unspecified atom stereocenters. The van der Waals surface area contributed by atoms with Gasteiger partial charge in [-0.1, -0.05) is 0 Å². The van der Waals surface area contributed by atoms with E-state index < -0.39 is 22.0 Å². The minimum absolute atomic E-state index is 0.183. The van der Waals surface area contributed by atoms with E-state index in [0.717, 1.165) is 19.6 Å². The van der Waals surface area contributed by atoms with E-state index >= 15 is 0 Å². The summed E-state index contributed by atoms with van der Waals surface area (Å²) < 4.78 is 27.1. The molecule has 0 spiro atoms. The maximum absolute atomic E-state index is 12.8. The number of thiophene rings is 1. The first kappa shape index (κ1) is 24.5. The molecule has 0 aliphatic carbocycles. The second-order valence-corrected chi connectivity index (χ2v) is 9.35. The van der Waals surface area contributed by atoms with Crippen LogP contribution in [0.2, 0.25) is 0 Å². The van der Waals surface area contributed by atoms with Crippen molar-refractivity contribution in [2.45, 2.75) is 18.4 Å². The Hall–Kier alpha value is -2.80. The van der Waals surface area contributed by atoms with E-state index in [1.165, 1.54) is 16.8 Å². The minimum atomic E-state index is -3.50. The maximum Gasteiger partial charge on any atom is 0.414 e. The SMILES string of the molecule is CC(=O)Nc1ccc(S(=O)(=O)N2CCN(Cc3ccsc3)CC2)cc1.O=C(O)C(=O)O. The van der Waals surface area contributed by atoms with Crippen LogP contribution in [0.1, 0.15) is 12.5 Å². The third-order valence-corrected chi connectivity index (χ3v) is 6.96. The van der Waals surface area contributed by atoms with Crippen molar-refractivity contribution in [2.75, 3.05) is 31.5 Å². The Morgan fingerprint density at radius 3 is 2.03 bits per heavy atom. The molecular formula is C19H23N3O7S2. The second kappa shape index (κ2) is 11.0. The number of carboxylic acids is 2. The van der Waals surface area contributed by atoms with Crippen LogP contribution < -0.4 is 5.32 Å². The number of hydrogen-bond acceptors (Lipinski definition) is 7. The summed E-state index contributed by atoms with van der Waals surface area (Å²) in [7, 11) is -3.50. The van der Waals surface area contributed by atoms with Gasteiger partial charge < -0.3 is 15.5 Å². The summed E-state index contributed by atoms with van der Waals surface area (Å²) in [6.07, 6.45) is 0. The van der Waals surface area contributed by atoms with Crippen molar-refractivity contribution < 1.29 is 33.0 Å². The van der Waals surface area contributed by atoms with Crippen LogP contribution in [0.3, 0.4) is 0 Å². The first-order valence-corrected chi connectivity index (χ1v) is 11.6. The lowest BCUT2D eigenvalue weighted by Crippen LogP contribution is -2.48. The molecule has 2 aromatic rings. The molecule has 1 aliphatic heterocycles. The lowest BCUT2D eigenvalue weighted by Gasteiger charge is -2.33. The molecule has 0 radical (unpaired) electrons. The number of sulfonamides is 1. The van der Waals surface area contributed by atoms with Gasteiger partial charge in [-0.25, -0.2) is 18.0 Å². The summed E-state index contributed by atoms with van der Waals surface area (Å²) in [6.45, 7) is 4.70. The summed E-state index contributed by atoms with van der Waals surface area (Å²) in [6, 6.07) is 8.41. The summed E-state index contributed by atoms with van der Waals surface area (Å²) in [4.78, 5) is 31.8. The van der Waals surface area contributed by atoms with Crippen molar-refractivity contribution in [3.8, 4) is 0 Å². The second-order valence-electron chi connectivity index (χ2n) is 6.63. The lowest BCUT2D eigenvalue weighted by atomic mass is 10.3. The quantitative estimate of drug-likeness (QED) is 0.557. The Kier molecular flexibility index (Phi) is 8.68. The number of nitrogens with one attached hydrogen (secondary N) is 1. The first-order chi connectivity index (χ1) is 14.6. The fourth-order valence-electron chi connectivity index (χ4n) is 2.83. The molecule has 12 heteroatoms. The number of nitrogens with zero attached hydrogens (tertiary/aromatic N) is 2. The Balaban J connectivity index is 0.000000501. The molecule has 3 N–H and O–H groups in total. The summed E-state index contributed by atoms with van der Waals surface area (Å²) in [5.41, 5.74) is 1.86. The first-order valence-electron chi connectivity index (χ1n) is 9.17. The van der Waals surface area contributed by atoms with Gasteiger partial charge in [0.25, 0.3) is 0 Å². The van der Waals surface area contributed by atoms with Gasteiger partial charge in [-0.05, 0) is 46.7 Å². The Bertz CT molecular complexity index is 986. The highest BCUT2D eigenvalue weighted by Crippen LogP contribution is 2.20. The van der Waals surface area contributed by atoms with E-state index in [0.29, 0.717) is 18.8 Å². The number of anilines is 1. The highest BCUT2D eigenvalue weighted by atomic mass is 32.2. The van der Waals surface area contributed by atoms with E-state index in [-0.39, 0.29) is 10.8 Å². The van der Waals surface area contributed by atoms with Crippen molar-refractivity contribution in [3.63, 3.8) is 0 Å². The van der Waals surface area contributed by atoms with Crippen molar-refractivity contribution >= 4 is 44.9 Å². The fraction of sp³-hybridized carbons (Fsp3) is 0.316. The zero-order valence-electron chi connectivity index (χ0n) is 16.7. The number of carbonyl (C=O) groups excluding carboxylic acids is 1. The van der Waals surface area contributed by atoms with Crippen LogP contribution in [0.4, 0.5) is 5.69 Å². The monoisotopic (exact) mass is 469 g/mol. The van der Waals surface area contributed by atoms with Gasteiger partial charge in [0.05, 0.1) is 4.90 Å². The van der Waals surface area contributed by atoms with Gasteiger partial charge in [0.1, 0.15) is 0 Å². The molecule has 1 fully saturated rings. The molecule has 31 heavy (non-hydrogen) atoms. The minimum Gasteiger partial charge on any atom is -0.473 e. The predicted molar refractivity (Wildman–Crippen MR) is 114 cm³/mol. The Morgan fingerprint density at radius 2 is 1.58 bits per heavy atom. The van der Waals surface area contributed by atoms with Gasteiger partial charge in [0.2, 0.25) is 15.9 Å². The average molecular weight is 470 g/mol. The molecule has 0 atom stereocenters. The van der Waals surface area contributed by atoms with Crippen molar-refractivity contribution in [1.82, 2.24) is 9.21 Å². The van der Waals surface area contributed by atoms with Crippen LogP contribution >= 0.6 is 11.3 Å². The van der Waals surface area contributed by atoms with E-state index in [9.17, 15) is 13.2 Å². The Labute approximate surface area is 183 Å². The third kappa shape index (κ3) is 7.43. The highest BCUT2D eigenvalue weighted by Gasteiger charge is 2.28. The van der Waals surface area contributed by atoms with Crippen molar-refractivity contribution in [1.29, 1.82) is 0 Å². The molecule has 1 saturated heterocycles. The third-order valence-electron chi connectivity index (χ3n) is 4.31. The molecule has 2 heterocycles. The molecule has 168 valence electrons. The molecule has 0 saturated carbocycles. The molecule has 1 amide bonds. The molecule has 10 nitrogen and oxygen atoms in total. The van der Waals surface area contributed by atoms with Crippen LogP contribution in [0.25, 0.3) is 0 Å². The van der Waals surface area contributed by atoms with E-state index in [2.05, 4.69) is 27.0 Å². The van der Waals surface area contributed by atoms with Crippen molar-refractivity contribution in [3.05, 3.63) is 46.7 Å². The Morgan fingerprint density at radius 1 is 1.00 bits per heavy atom.